The highest BCUT2D eigenvalue weighted by molar-refractivity contribution is 5.76. The third-order valence-electron chi connectivity index (χ3n) is 4.57. The zero-order valence-corrected chi connectivity index (χ0v) is 12.7. The van der Waals surface area contributed by atoms with Crippen LogP contribution >= 0.6 is 0 Å². The minimum Gasteiger partial charge on any atom is -0.408 e. The number of hydrogen-bond donors (Lipinski definition) is 2. The first-order valence-corrected chi connectivity index (χ1v) is 8.14. The van der Waals surface area contributed by atoms with E-state index in [2.05, 4.69) is 17.2 Å². The van der Waals surface area contributed by atoms with E-state index in [4.69, 9.17) is 4.42 Å². The molecule has 114 valence electrons. The van der Waals surface area contributed by atoms with E-state index in [-0.39, 0.29) is 5.76 Å². The molecular weight excluding hydrogens is 264 g/mol. The van der Waals surface area contributed by atoms with E-state index in [1.54, 1.807) is 0 Å². The number of aromatic nitrogens is 1. The van der Waals surface area contributed by atoms with E-state index in [1.807, 2.05) is 18.2 Å². The summed E-state index contributed by atoms with van der Waals surface area (Å²) in [6, 6.07) is 6.36. The van der Waals surface area contributed by atoms with Crippen LogP contribution < -0.4 is 11.1 Å². The summed E-state index contributed by atoms with van der Waals surface area (Å²) in [5.74, 6) is 0.522. The van der Waals surface area contributed by atoms with Crippen molar-refractivity contribution in [3.8, 4) is 0 Å². The lowest BCUT2D eigenvalue weighted by Crippen LogP contribution is -2.18. The van der Waals surface area contributed by atoms with Crippen molar-refractivity contribution in [1.82, 2.24) is 4.98 Å². The van der Waals surface area contributed by atoms with Crippen LogP contribution in [-0.2, 0) is 0 Å². The first-order valence-electron chi connectivity index (χ1n) is 8.14. The highest BCUT2D eigenvalue weighted by atomic mass is 16.4. The SMILES string of the molecule is CCCC1CCCC(Nc2ccc3oc(=O)[nH]c3c2)CC1. The Morgan fingerprint density at radius 2 is 2.19 bits per heavy atom. The van der Waals surface area contributed by atoms with Crippen molar-refractivity contribution in [2.24, 2.45) is 5.92 Å². The monoisotopic (exact) mass is 288 g/mol. The van der Waals surface area contributed by atoms with Crippen LogP contribution in [0, 0.1) is 5.92 Å². The fourth-order valence-electron chi connectivity index (χ4n) is 3.50. The molecule has 2 atom stereocenters. The normalized spacial score (nSPS) is 23.1. The van der Waals surface area contributed by atoms with Crippen molar-refractivity contribution in [1.29, 1.82) is 0 Å². The minimum atomic E-state index is -0.390. The van der Waals surface area contributed by atoms with E-state index in [0.717, 1.165) is 17.1 Å². The molecule has 1 aromatic heterocycles. The number of benzene rings is 1. The zero-order chi connectivity index (χ0) is 14.7. The van der Waals surface area contributed by atoms with E-state index in [9.17, 15) is 4.79 Å². The summed E-state index contributed by atoms with van der Waals surface area (Å²) in [7, 11) is 0. The maximum Gasteiger partial charge on any atom is 0.417 e. The highest BCUT2D eigenvalue weighted by Crippen LogP contribution is 2.28. The Kier molecular flexibility index (Phi) is 4.32. The Morgan fingerprint density at radius 1 is 1.29 bits per heavy atom. The average molecular weight is 288 g/mol. The average Bonchev–Trinajstić information content (AvgIpc) is 2.69. The first-order chi connectivity index (χ1) is 10.2. The largest absolute Gasteiger partial charge is 0.417 e. The summed E-state index contributed by atoms with van der Waals surface area (Å²) in [6.45, 7) is 2.28. The predicted molar refractivity (Wildman–Crippen MR) is 85.7 cm³/mol. The fourth-order valence-corrected chi connectivity index (χ4v) is 3.50. The van der Waals surface area contributed by atoms with Gasteiger partial charge in [-0.1, -0.05) is 32.6 Å². The zero-order valence-electron chi connectivity index (χ0n) is 12.7. The van der Waals surface area contributed by atoms with Crippen LogP contribution in [0.2, 0.25) is 0 Å². The molecular formula is C17H24N2O2. The molecule has 2 aromatic rings. The standard InChI is InChI=1S/C17H24N2O2/c1-2-4-12-5-3-6-13(8-7-12)18-14-9-10-16-15(11-14)19-17(20)21-16/h9-13,18H,2-8H2,1H3,(H,19,20). The Balaban J connectivity index is 1.65. The van der Waals surface area contributed by atoms with Gasteiger partial charge in [-0.05, 0) is 43.4 Å². The number of oxazole rings is 1. The van der Waals surface area contributed by atoms with Crippen LogP contribution in [-0.4, -0.2) is 11.0 Å². The van der Waals surface area contributed by atoms with Crippen LogP contribution in [0.1, 0.15) is 51.9 Å². The van der Waals surface area contributed by atoms with Gasteiger partial charge in [0.2, 0.25) is 0 Å². The van der Waals surface area contributed by atoms with Gasteiger partial charge >= 0.3 is 5.76 Å². The molecule has 21 heavy (non-hydrogen) atoms. The second-order valence-corrected chi connectivity index (χ2v) is 6.23. The van der Waals surface area contributed by atoms with Crippen LogP contribution in [0.15, 0.2) is 27.4 Å². The molecule has 0 saturated heterocycles. The van der Waals surface area contributed by atoms with Crippen LogP contribution in [0.5, 0.6) is 0 Å². The Hall–Kier alpha value is -1.71. The van der Waals surface area contributed by atoms with Crippen LogP contribution in [0.3, 0.4) is 0 Å². The molecule has 2 N–H and O–H groups in total. The van der Waals surface area contributed by atoms with Gasteiger partial charge in [-0.3, -0.25) is 4.98 Å². The summed E-state index contributed by atoms with van der Waals surface area (Å²) in [5, 5.41) is 3.62. The van der Waals surface area contributed by atoms with Gasteiger partial charge in [0.25, 0.3) is 0 Å². The number of H-pyrrole nitrogens is 1. The third-order valence-corrected chi connectivity index (χ3v) is 4.57. The van der Waals surface area contributed by atoms with Gasteiger partial charge in [0.05, 0.1) is 5.52 Å². The molecule has 1 aliphatic rings. The van der Waals surface area contributed by atoms with Gasteiger partial charge in [0.15, 0.2) is 5.58 Å². The number of aromatic amines is 1. The van der Waals surface area contributed by atoms with Gasteiger partial charge in [-0.25, -0.2) is 4.79 Å². The maximum atomic E-state index is 11.2. The molecule has 0 radical (unpaired) electrons. The summed E-state index contributed by atoms with van der Waals surface area (Å²) >= 11 is 0. The summed E-state index contributed by atoms with van der Waals surface area (Å²) in [5.41, 5.74) is 2.45. The molecule has 1 fully saturated rings. The highest BCUT2D eigenvalue weighted by Gasteiger charge is 2.18. The van der Waals surface area contributed by atoms with E-state index in [0.29, 0.717) is 11.6 Å². The molecule has 1 aromatic carbocycles. The molecule has 0 aliphatic heterocycles. The Morgan fingerprint density at radius 3 is 3.05 bits per heavy atom. The number of nitrogens with one attached hydrogen (secondary N) is 2. The molecule has 0 bridgehead atoms. The third kappa shape index (κ3) is 3.49. The topological polar surface area (TPSA) is 58.0 Å². The molecule has 1 heterocycles. The van der Waals surface area contributed by atoms with Crippen molar-refractivity contribution in [2.75, 3.05) is 5.32 Å². The molecule has 1 aliphatic carbocycles. The van der Waals surface area contributed by atoms with E-state index in [1.165, 1.54) is 44.9 Å². The van der Waals surface area contributed by atoms with Crippen molar-refractivity contribution in [3.63, 3.8) is 0 Å². The molecule has 4 heteroatoms. The van der Waals surface area contributed by atoms with Gasteiger partial charge in [-0.15, -0.1) is 0 Å². The van der Waals surface area contributed by atoms with E-state index >= 15 is 0 Å². The Bertz CT molecular complexity index is 644. The second-order valence-electron chi connectivity index (χ2n) is 6.23. The molecule has 1 saturated carbocycles. The molecule has 0 amide bonds. The summed E-state index contributed by atoms with van der Waals surface area (Å²) in [6.07, 6.45) is 9.16. The molecule has 4 nitrogen and oxygen atoms in total. The van der Waals surface area contributed by atoms with Crippen molar-refractivity contribution < 1.29 is 4.42 Å². The lowest BCUT2D eigenvalue weighted by Gasteiger charge is -2.18. The van der Waals surface area contributed by atoms with Gasteiger partial charge in [0, 0.05) is 11.7 Å². The van der Waals surface area contributed by atoms with Crippen LogP contribution in [0.4, 0.5) is 5.69 Å². The Labute approximate surface area is 124 Å². The smallest absolute Gasteiger partial charge is 0.408 e. The lowest BCUT2D eigenvalue weighted by atomic mass is 9.95. The predicted octanol–water partition coefficient (Wildman–Crippen LogP) is 4.28. The molecule has 2 unspecified atom stereocenters. The molecule has 0 spiro atoms. The lowest BCUT2D eigenvalue weighted by molar-refractivity contribution is 0.422. The first kappa shape index (κ1) is 14.2. The minimum absolute atomic E-state index is 0.390. The number of fused-ring (bicyclic) bond motifs is 1. The van der Waals surface area contributed by atoms with Crippen molar-refractivity contribution in [2.45, 2.75) is 57.9 Å². The van der Waals surface area contributed by atoms with Gasteiger partial charge < -0.3 is 9.73 Å². The fraction of sp³-hybridized carbons (Fsp3) is 0.588. The summed E-state index contributed by atoms with van der Waals surface area (Å²) in [4.78, 5) is 13.9. The quantitative estimate of drug-likeness (QED) is 0.825. The maximum absolute atomic E-state index is 11.2. The second kappa shape index (κ2) is 6.37. The number of hydrogen-bond acceptors (Lipinski definition) is 3. The van der Waals surface area contributed by atoms with Crippen LogP contribution in [0.25, 0.3) is 11.1 Å². The van der Waals surface area contributed by atoms with Gasteiger partial charge in [0.1, 0.15) is 0 Å². The van der Waals surface area contributed by atoms with Gasteiger partial charge in [-0.2, -0.15) is 0 Å². The van der Waals surface area contributed by atoms with Crippen molar-refractivity contribution in [3.05, 3.63) is 28.7 Å². The van der Waals surface area contributed by atoms with Crippen molar-refractivity contribution >= 4 is 16.8 Å². The van der Waals surface area contributed by atoms with E-state index < -0.39 is 0 Å². The summed E-state index contributed by atoms with van der Waals surface area (Å²) < 4.78 is 5.03. The number of rotatable bonds is 4. The molecule has 3 rings (SSSR count). The number of anilines is 1.